The average molecular weight is 400 g/mol. The summed E-state index contributed by atoms with van der Waals surface area (Å²) in [5.41, 5.74) is 2.58. The molecule has 6 heteroatoms. The van der Waals surface area contributed by atoms with Gasteiger partial charge in [0, 0.05) is 32.2 Å². The van der Waals surface area contributed by atoms with Crippen molar-refractivity contribution < 1.29 is 9.59 Å². The molecule has 0 aromatic heterocycles. The van der Waals surface area contributed by atoms with Crippen LogP contribution < -0.4 is 10.2 Å². The number of carbonyl (C=O) groups is 2. The fourth-order valence-corrected chi connectivity index (χ4v) is 3.71. The molecule has 0 spiro atoms. The first-order valence-corrected chi connectivity index (χ1v) is 9.91. The van der Waals surface area contributed by atoms with Crippen LogP contribution in [0.15, 0.2) is 48.5 Å². The lowest BCUT2D eigenvalue weighted by atomic mass is 9.96. The molecule has 1 heterocycles. The third-order valence-corrected chi connectivity index (χ3v) is 5.28. The summed E-state index contributed by atoms with van der Waals surface area (Å²) in [6.45, 7) is 1.16. The van der Waals surface area contributed by atoms with E-state index in [0.717, 1.165) is 24.1 Å². The first-order valence-electron chi connectivity index (χ1n) is 9.53. The van der Waals surface area contributed by atoms with Crippen molar-refractivity contribution in [3.63, 3.8) is 0 Å². The Labute approximate surface area is 171 Å². The predicted molar refractivity (Wildman–Crippen MR) is 114 cm³/mol. The maximum Gasteiger partial charge on any atom is 0.229 e. The maximum atomic E-state index is 12.9. The van der Waals surface area contributed by atoms with Gasteiger partial charge in [0.05, 0.1) is 23.7 Å². The highest BCUT2D eigenvalue weighted by molar-refractivity contribution is 6.31. The molecule has 2 aromatic carbocycles. The Morgan fingerprint density at radius 2 is 1.93 bits per heavy atom. The third-order valence-electron chi connectivity index (χ3n) is 5.04. The number of hydrogen-bond acceptors (Lipinski definition) is 3. The normalized spacial score (nSPS) is 16.5. The summed E-state index contributed by atoms with van der Waals surface area (Å²) in [5.74, 6) is -0.217. The molecular formula is C22H26ClN3O2. The number of amides is 2. The minimum atomic E-state index is -0.220. The highest BCUT2D eigenvalue weighted by Gasteiger charge is 2.28. The van der Waals surface area contributed by atoms with E-state index in [1.807, 2.05) is 60.3 Å². The minimum Gasteiger partial charge on any atom is -0.376 e. The van der Waals surface area contributed by atoms with Crippen LogP contribution in [0, 0.1) is 5.92 Å². The molecule has 1 aliphatic heterocycles. The largest absolute Gasteiger partial charge is 0.376 e. The third kappa shape index (κ3) is 5.04. The highest BCUT2D eigenvalue weighted by Crippen LogP contribution is 2.29. The van der Waals surface area contributed by atoms with Gasteiger partial charge in [0.2, 0.25) is 11.8 Å². The fourth-order valence-electron chi connectivity index (χ4n) is 3.53. The Morgan fingerprint density at radius 1 is 1.18 bits per heavy atom. The molecule has 3 rings (SSSR count). The number of benzene rings is 2. The molecule has 1 aliphatic rings. The van der Waals surface area contributed by atoms with Crippen molar-refractivity contribution in [3.05, 3.63) is 59.1 Å². The molecule has 148 valence electrons. The second kappa shape index (κ2) is 9.11. The number of rotatable bonds is 5. The number of nitrogens with zero attached hydrogens (tertiary/aromatic N) is 2. The van der Waals surface area contributed by atoms with Crippen LogP contribution in [-0.4, -0.2) is 43.9 Å². The molecule has 0 bridgehead atoms. The SMILES string of the molecule is CN(C)c1ccc(Cl)cc1NC(=O)C1CCCN(C(=O)Cc2ccccc2)C1. The van der Waals surface area contributed by atoms with Gasteiger partial charge in [-0.2, -0.15) is 0 Å². The first-order chi connectivity index (χ1) is 13.4. The number of halogens is 1. The Hall–Kier alpha value is -2.53. The van der Waals surface area contributed by atoms with E-state index in [2.05, 4.69) is 5.32 Å². The zero-order valence-electron chi connectivity index (χ0n) is 16.3. The van der Waals surface area contributed by atoms with Crippen LogP contribution in [0.3, 0.4) is 0 Å². The van der Waals surface area contributed by atoms with E-state index < -0.39 is 0 Å². The van der Waals surface area contributed by atoms with E-state index >= 15 is 0 Å². The first kappa shape index (κ1) is 20.2. The van der Waals surface area contributed by atoms with Crippen molar-refractivity contribution in [1.82, 2.24) is 4.90 Å². The lowest BCUT2D eigenvalue weighted by molar-refractivity contribution is -0.133. The van der Waals surface area contributed by atoms with Crippen molar-refractivity contribution in [2.24, 2.45) is 5.92 Å². The quantitative estimate of drug-likeness (QED) is 0.831. The predicted octanol–water partition coefficient (Wildman–Crippen LogP) is 3.83. The summed E-state index contributed by atoms with van der Waals surface area (Å²) in [5, 5.41) is 3.58. The van der Waals surface area contributed by atoms with Crippen LogP contribution in [-0.2, 0) is 16.0 Å². The van der Waals surface area contributed by atoms with Gasteiger partial charge in [-0.25, -0.2) is 0 Å². The smallest absolute Gasteiger partial charge is 0.229 e. The van der Waals surface area contributed by atoms with Gasteiger partial charge < -0.3 is 15.1 Å². The van der Waals surface area contributed by atoms with E-state index in [9.17, 15) is 9.59 Å². The molecule has 1 saturated heterocycles. The molecule has 1 fully saturated rings. The molecule has 28 heavy (non-hydrogen) atoms. The summed E-state index contributed by atoms with van der Waals surface area (Å²) in [4.78, 5) is 29.3. The van der Waals surface area contributed by atoms with Gasteiger partial charge in [0.1, 0.15) is 0 Å². The van der Waals surface area contributed by atoms with Crippen LogP contribution in [0.2, 0.25) is 5.02 Å². The van der Waals surface area contributed by atoms with Crippen molar-refractivity contribution in [1.29, 1.82) is 0 Å². The number of anilines is 2. The van der Waals surface area contributed by atoms with Gasteiger partial charge in [-0.1, -0.05) is 41.9 Å². The average Bonchev–Trinajstić information content (AvgIpc) is 2.68. The maximum absolute atomic E-state index is 12.9. The number of likely N-dealkylation sites (tertiary alicyclic amines) is 1. The van der Waals surface area contributed by atoms with Crippen molar-refractivity contribution in [3.8, 4) is 0 Å². The van der Waals surface area contributed by atoms with E-state index in [-0.39, 0.29) is 17.7 Å². The number of nitrogens with one attached hydrogen (secondary N) is 1. The lowest BCUT2D eigenvalue weighted by Crippen LogP contribution is -2.44. The van der Waals surface area contributed by atoms with Crippen LogP contribution in [0.1, 0.15) is 18.4 Å². The van der Waals surface area contributed by atoms with E-state index in [1.54, 1.807) is 12.1 Å². The van der Waals surface area contributed by atoms with Crippen LogP contribution in [0.5, 0.6) is 0 Å². The number of piperidine rings is 1. The summed E-state index contributed by atoms with van der Waals surface area (Å²) in [7, 11) is 3.84. The Kier molecular flexibility index (Phi) is 6.57. The van der Waals surface area contributed by atoms with Gasteiger partial charge in [-0.15, -0.1) is 0 Å². The second-order valence-corrected chi connectivity index (χ2v) is 7.82. The molecule has 2 amide bonds. The summed E-state index contributed by atoms with van der Waals surface area (Å²) >= 11 is 6.11. The van der Waals surface area contributed by atoms with E-state index in [1.165, 1.54) is 0 Å². The van der Waals surface area contributed by atoms with Crippen molar-refractivity contribution in [2.75, 3.05) is 37.4 Å². The van der Waals surface area contributed by atoms with Crippen LogP contribution in [0.4, 0.5) is 11.4 Å². The van der Waals surface area contributed by atoms with Crippen LogP contribution >= 0.6 is 11.6 Å². The molecule has 0 radical (unpaired) electrons. The molecule has 2 aromatic rings. The Morgan fingerprint density at radius 3 is 2.64 bits per heavy atom. The fraction of sp³-hybridized carbons (Fsp3) is 0.364. The van der Waals surface area contributed by atoms with Crippen LogP contribution in [0.25, 0.3) is 0 Å². The molecule has 1 N–H and O–H groups in total. The van der Waals surface area contributed by atoms with Gasteiger partial charge in [-0.3, -0.25) is 9.59 Å². The Balaban J connectivity index is 1.65. The van der Waals surface area contributed by atoms with E-state index in [4.69, 9.17) is 11.6 Å². The molecular weight excluding hydrogens is 374 g/mol. The molecule has 1 unspecified atom stereocenters. The van der Waals surface area contributed by atoms with Crippen molar-refractivity contribution >= 4 is 34.8 Å². The topological polar surface area (TPSA) is 52.7 Å². The lowest BCUT2D eigenvalue weighted by Gasteiger charge is -2.32. The summed E-state index contributed by atoms with van der Waals surface area (Å²) in [6.07, 6.45) is 1.97. The van der Waals surface area contributed by atoms with Gasteiger partial charge in [0.25, 0.3) is 0 Å². The summed E-state index contributed by atoms with van der Waals surface area (Å²) in [6, 6.07) is 15.2. The number of hydrogen-bond donors (Lipinski definition) is 1. The molecule has 5 nitrogen and oxygen atoms in total. The van der Waals surface area contributed by atoms with E-state index in [0.29, 0.717) is 30.2 Å². The van der Waals surface area contributed by atoms with Gasteiger partial charge in [0.15, 0.2) is 0 Å². The monoisotopic (exact) mass is 399 g/mol. The highest BCUT2D eigenvalue weighted by atomic mass is 35.5. The van der Waals surface area contributed by atoms with Crippen molar-refractivity contribution in [2.45, 2.75) is 19.3 Å². The zero-order valence-corrected chi connectivity index (χ0v) is 17.1. The second-order valence-electron chi connectivity index (χ2n) is 7.39. The Bertz CT molecular complexity index is 839. The van der Waals surface area contributed by atoms with Gasteiger partial charge >= 0.3 is 0 Å². The molecule has 1 atom stereocenters. The minimum absolute atomic E-state index is 0.0671. The molecule has 0 saturated carbocycles. The molecule has 0 aliphatic carbocycles. The number of carbonyl (C=O) groups excluding carboxylic acids is 2. The standard InChI is InChI=1S/C22H26ClN3O2/c1-25(2)20-11-10-18(23)14-19(20)24-22(28)17-9-6-12-26(15-17)21(27)13-16-7-4-3-5-8-16/h3-5,7-8,10-11,14,17H,6,9,12-13,15H2,1-2H3,(H,24,28). The van der Waals surface area contributed by atoms with Gasteiger partial charge in [-0.05, 0) is 36.6 Å². The summed E-state index contributed by atoms with van der Waals surface area (Å²) < 4.78 is 0. The zero-order chi connectivity index (χ0) is 20.1.